The molecule has 5 nitrogen and oxygen atoms in total. The summed E-state index contributed by atoms with van der Waals surface area (Å²) in [5, 5.41) is 5.08. The molecule has 0 radical (unpaired) electrons. The van der Waals surface area contributed by atoms with Gasteiger partial charge in [0.15, 0.2) is 0 Å². The van der Waals surface area contributed by atoms with E-state index in [1.807, 2.05) is 0 Å². The maximum Gasteiger partial charge on any atom is 0.416 e. The molecule has 0 aliphatic carbocycles. The number of carbonyl (C=O) groups is 2. The van der Waals surface area contributed by atoms with Crippen molar-refractivity contribution in [3.8, 4) is 0 Å². The van der Waals surface area contributed by atoms with E-state index in [2.05, 4.69) is 15.6 Å². The lowest BCUT2D eigenvalue weighted by Gasteiger charge is -2.12. The second-order valence-corrected chi connectivity index (χ2v) is 6.82. The second kappa shape index (κ2) is 9.42. The van der Waals surface area contributed by atoms with Gasteiger partial charge in [0.1, 0.15) is 5.82 Å². The average Bonchev–Trinajstić information content (AvgIpc) is 2.74. The topological polar surface area (TPSA) is 71.1 Å². The van der Waals surface area contributed by atoms with Gasteiger partial charge < -0.3 is 10.6 Å². The molecule has 0 bridgehead atoms. The first kappa shape index (κ1) is 22.7. The minimum absolute atomic E-state index is 0.213. The number of halogens is 4. The van der Waals surface area contributed by atoms with Crippen LogP contribution in [0.4, 0.5) is 28.9 Å². The number of aromatic nitrogens is 1. The number of rotatable bonds is 5. The van der Waals surface area contributed by atoms with E-state index < -0.39 is 34.9 Å². The number of benzene rings is 2. The minimum atomic E-state index is -4.79. The Kier molecular flexibility index (Phi) is 6.67. The molecule has 2 N–H and O–H groups in total. The zero-order chi connectivity index (χ0) is 23.3. The average molecular weight is 443 g/mol. The van der Waals surface area contributed by atoms with E-state index in [9.17, 15) is 27.2 Å². The van der Waals surface area contributed by atoms with Crippen LogP contribution in [0.1, 0.15) is 27.0 Å². The van der Waals surface area contributed by atoms with Crippen molar-refractivity contribution in [3.63, 3.8) is 0 Å². The van der Waals surface area contributed by atoms with E-state index in [-0.39, 0.29) is 5.69 Å². The van der Waals surface area contributed by atoms with Crippen LogP contribution in [0, 0.1) is 12.7 Å². The summed E-state index contributed by atoms with van der Waals surface area (Å²) in [6.07, 6.45) is 1.29. The minimum Gasteiger partial charge on any atom is -0.322 e. The highest BCUT2D eigenvalue weighted by Crippen LogP contribution is 2.30. The molecule has 32 heavy (non-hydrogen) atoms. The van der Waals surface area contributed by atoms with E-state index in [1.54, 1.807) is 43.6 Å². The number of alkyl halides is 3. The van der Waals surface area contributed by atoms with E-state index >= 15 is 0 Å². The molecular formula is C23H17F4N3O2. The second-order valence-electron chi connectivity index (χ2n) is 6.82. The summed E-state index contributed by atoms with van der Waals surface area (Å²) >= 11 is 0. The zero-order valence-corrected chi connectivity index (χ0v) is 16.7. The molecule has 0 unspecified atom stereocenters. The number of anilines is 2. The van der Waals surface area contributed by atoms with Crippen LogP contribution in [0.2, 0.25) is 0 Å². The fourth-order valence-electron chi connectivity index (χ4n) is 2.74. The van der Waals surface area contributed by atoms with Crippen molar-refractivity contribution in [2.45, 2.75) is 13.1 Å². The Morgan fingerprint density at radius 1 is 1.03 bits per heavy atom. The molecule has 0 aliphatic heterocycles. The molecule has 0 spiro atoms. The van der Waals surface area contributed by atoms with Gasteiger partial charge in [0.05, 0.1) is 5.56 Å². The summed E-state index contributed by atoms with van der Waals surface area (Å²) in [6.45, 7) is 1.73. The number of amides is 2. The molecule has 1 aromatic heterocycles. The van der Waals surface area contributed by atoms with Crippen molar-refractivity contribution in [3.05, 3.63) is 95.1 Å². The molecule has 0 atom stereocenters. The highest BCUT2D eigenvalue weighted by atomic mass is 19.4. The van der Waals surface area contributed by atoms with Gasteiger partial charge in [-0.3, -0.25) is 14.6 Å². The summed E-state index contributed by atoms with van der Waals surface area (Å²) < 4.78 is 52.2. The van der Waals surface area contributed by atoms with Gasteiger partial charge in [-0.05, 0) is 60.5 Å². The maximum absolute atomic E-state index is 13.6. The quantitative estimate of drug-likeness (QED) is 0.407. The van der Waals surface area contributed by atoms with Gasteiger partial charge in [-0.15, -0.1) is 0 Å². The van der Waals surface area contributed by atoms with Gasteiger partial charge >= 0.3 is 6.18 Å². The number of hydrogen-bond donors (Lipinski definition) is 2. The monoisotopic (exact) mass is 443 g/mol. The lowest BCUT2D eigenvalue weighted by atomic mass is 10.1. The van der Waals surface area contributed by atoms with E-state index in [1.165, 1.54) is 18.2 Å². The first-order valence-corrected chi connectivity index (χ1v) is 9.31. The summed E-state index contributed by atoms with van der Waals surface area (Å²) in [6, 6.07) is 9.67. The molecule has 0 fully saturated rings. The Bertz CT molecular complexity index is 1180. The van der Waals surface area contributed by atoms with E-state index in [4.69, 9.17) is 0 Å². The Morgan fingerprint density at radius 3 is 2.50 bits per heavy atom. The summed E-state index contributed by atoms with van der Waals surface area (Å²) in [7, 11) is 0. The lowest BCUT2D eigenvalue weighted by molar-refractivity contribution is -0.137. The van der Waals surface area contributed by atoms with Gasteiger partial charge in [0, 0.05) is 35.4 Å². The molecule has 3 aromatic rings. The van der Waals surface area contributed by atoms with Crippen molar-refractivity contribution < 1.29 is 27.2 Å². The SMILES string of the molecule is Cc1ccc(NC(=O)c2cc(F)cc(C(F)(F)F)c2)cc1NC(=O)C=Cc1cccnc1. The molecule has 0 aliphatic rings. The van der Waals surface area contributed by atoms with Crippen molar-refractivity contribution in [1.29, 1.82) is 0 Å². The number of pyridine rings is 1. The third-order valence-electron chi connectivity index (χ3n) is 4.35. The zero-order valence-electron chi connectivity index (χ0n) is 16.7. The van der Waals surface area contributed by atoms with Gasteiger partial charge in [0.2, 0.25) is 5.91 Å². The largest absolute Gasteiger partial charge is 0.416 e. The van der Waals surface area contributed by atoms with Crippen molar-refractivity contribution in [1.82, 2.24) is 4.98 Å². The van der Waals surface area contributed by atoms with Gasteiger partial charge in [-0.1, -0.05) is 12.1 Å². The summed E-state index contributed by atoms with van der Waals surface area (Å²) in [5.41, 5.74) is 0.275. The van der Waals surface area contributed by atoms with Crippen molar-refractivity contribution in [2.24, 2.45) is 0 Å². The predicted molar refractivity (Wildman–Crippen MR) is 112 cm³/mol. The third-order valence-corrected chi connectivity index (χ3v) is 4.35. The predicted octanol–water partition coefficient (Wildman–Crippen LogP) is 5.45. The summed E-state index contributed by atoms with van der Waals surface area (Å²) in [5.74, 6) is -2.53. The summed E-state index contributed by atoms with van der Waals surface area (Å²) in [4.78, 5) is 28.5. The van der Waals surface area contributed by atoms with Crippen LogP contribution in [0.5, 0.6) is 0 Å². The van der Waals surface area contributed by atoms with Crippen LogP contribution >= 0.6 is 0 Å². The Balaban J connectivity index is 1.74. The Labute approximate surface area is 180 Å². The van der Waals surface area contributed by atoms with Crippen LogP contribution < -0.4 is 10.6 Å². The van der Waals surface area contributed by atoms with Crippen LogP contribution in [0.3, 0.4) is 0 Å². The van der Waals surface area contributed by atoms with E-state index in [0.717, 1.165) is 5.56 Å². The normalized spacial score (nSPS) is 11.4. The molecule has 3 rings (SSSR count). The highest BCUT2D eigenvalue weighted by Gasteiger charge is 2.32. The maximum atomic E-state index is 13.6. The third kappa shape index (κ3) is 6.00. The van der Waals surface area contributed by atoms with Gasteiger partial charge in [0.25, 0.3) is 5.91 Å². The molecule has 0 saturated heterocycles. The number of nitrogens with zero attached hydrogens (tertiary/aromatic N) is 1. The van der Waals surface area contributed by atoms with Crippen molar-refractivity contribution >= 4 is 29.3 Å². The number of nitrogens with one attached hydrogen (secondary N) is 2. The highest BCUT2D eigenvalue weighted by molar-refractivity contribution is 6.06. The molecule has 1 heterocycles. The standard InChI is InChI=1S/C23H17F4N3O2/c1-14-4-6-19(12-20(14)30-21(31)7-5-15-3-2-8-28-13-15)29-22(32)16-9-17(23(25,26)27)11-18(24)10-16/h2-13H,1H3,(H,29,32)(H,30,31). The van der Waals surface area contributed by atoms with Crippen LogP contribution in [0.25, 0.3) is 6.08 Å². The van der Waals surface area contributed by atoms with Crippen LogP contribution in [-0.2, 0) is 11.0 Å². The van der Waals surface area contributed by atoms with E-state index in [0.29, 0.717) is 29.4 Å². The molecule has 164 valence electrons. The number of carbonyl (C=O) groups excluding carboxylic acids is 2. The van der Waals surface area contributed by atoms with Crippen molar-refractivity contribution in [2.75, 3.05) is 10.6 Å². The van der Waals surface area contributed by atoms with Crippen LogP contribution in [0.15, 0.2) is 67.0 Å². The Hall–Kier alpha value is -4.01. The molecular weight excluding hydrogens is 426 g/mol. The first-order valence-electron chi connectivity index (χ1n) is 9.31. The van der Waals surface area contributed by atoms with Gasteiger partial charge in [-0.25, -0.2) is 4.39 Å². The molecule has 2 aromatic carbocycles. The number of aryl methyl sites for hydroxylation is 1. The van der Waals surface area contributed by atoms with Gasteiger partial charge in [-0.2, -0.15) is 13.2 Å². The molecule has 0 saturated carbocycles. The molecule has 2 amide bonds. The lowest BCUT2D eigenvalue weighted by Crippen LogP contribution is -2.15. The smallest absolute Gasteiger partial charge is 0.322 e. The fourth-order valence-corrected chi connectivity index (χ4v) is 2.74. The molecule has 9 heteroatoms. The van der Waals surface area contributed by atoms with Crippen LogP contribution in [-0.4, -0.2) is 16.8 Å². The Morgan fingerprint density at radius 2 is 1.81 bits per heavy atom. The fraction of sp³-hybridized carbons (Fsp3) is 0.0870. The number of hydrogen-bond acceptors (Lipinski definition) is 3. The first-order chi connectivity index (χ1) is 15.1.